The van der Waals surface area contributed by atoms with E-state index in [-0.39, 0.29) is 12.4 Å². The number of nitrogens with zero attached hydrogens (tertiary/aromatic N) is 1. The van der Waals surface area contributed by atoms with Crippen LogP contribution in [0.3, 0.4) is 0 Å². The topological polar surface area (TPSA) is 49.4 Å². The minimum atomic E-state index is -3.26. The first kappa shape index (κ1) is 15.3. The van der Waals surface area contributed by atoms with Crippen molar-refractivity contribution in [1.82, 2.24) is 9.62 Å². The Hall–Kier alpha value is -0.140. The van der Waals surface area contributed by atoms with Crippen LogP contribution in [-0.4, -0.2) is 38.9 Å². The molecule has 0 radical (unpaired) electrons. The zero-order valence-corrected chi connectivity index (χ0v) is 13.3. The monoisotopic (exact) mass is 322 g/mol. The van der Waals surface area contributed by atoms with E-state index in [2.05, 4.69) is 5.32 Å². The molecule has 7 heteroatoms. The van der Waals surface area contributed by atoms with E-state index in [1.165, 1.54) is 11.3 Å². The van der Waals surface area contributed by atoms with Crippen molar-refractivity contribution in [3.63, 3.8) is 0 Å². The highest BCUT2D eigenvalue weighted by molar-refractivity contribution is 7.91. The molecule has 19 heavy (non-hydrogen) atoms. The quantitative estimate of drug-likeness (QED) is 0.901. The Morgan fingerprint density at radius 2 is 2.05 bits per heavy atom. The van der Waals surface area contributed by atoms with Gasteiger partial charge >= 0.3 is 0 Å². The number of thiophene rings is 1. The SMILES string of the molecule is Cc1ccc(S(=O)(=O)N2CCC3CNCC3C2)s1.Cl. The van der Waals surface area contributed by atoms with Gasteiger partial charge in [0.2, 0.25) is 0 Å². The molecule has 1 aromatic rings. The first-order chi connectivity index (χ1) is 8.57. The van der Waals surface area contributed by atoms with E-state index in [1.54, 1.807) is 10.4 Å². The first-order valence-corrected chi connectivity index (χ1v) is 8.60. The molecule has 0 aromatic carbocycles. The summed E-state index contributed by atoms with van der Waals surface area (Å²) in [6, 6.07) is 3.61. The van der Waals surface area contributed by atoms with Crippen molar-refractivity contribution in [2.45, 2.75) is 17.6 Å². The molecule has 0 spiro atoms. The van der Waals surface area contributed by atoms with E-state index < -0.39 is 10.0 Å². The molecule has 0 aliphatic carbocycles. The molecular formula is C12H19ClN2O2S2. The number of aryl methyl sites for hydroxylation is 1. The van der Waals surface area contributed by atoms with Crippen LogP contribution >= 0.6 is 23.7 Å². The molecule has 0 bridgehead atoms. The second-order valence-electron chi connectivity index (χ2n) is 5.20. The highest BCUT2D eigenvalue weighted by Gasteiger charge is 2.38. The second kappa shape index (κ2) is 5.69. The van der Waals surface area contributed by atoms with E-state index in [1.807, 2.05) is 13.0 Å². The summed E-state index contributed by atoms with van der Waals surface area (Å²) in [6.07, 6.45) is 0.987. The Labute approximate surface area is 124 Å². The average molecular weight is 323 g/mol. The number of hydrogen-bond acceptors (Lipinski definition) is 4. The fraction of sp³-hybridized carbons (Fsp3) is 0.667. The van der Waals surface area contributed by atoms with Crippen molar-refractivity contribution in [3.8, 4) is 0 Å². The molecule has 3 heterocycles. The summed E-state index contributed by atoms with van der Waals surface area (Å²) in [7, 11) is -3.26. The molecule has 2 aliphatic heterocycles. The summed E-state index contributed by atoms with van der Waals surface area (Å²) in [4.78, 5) is 1.05. The molecule has 3 rings (SSSR count). The van der Waals surface area contributed by atoms with Gasteiger partial charge in [-0.05, 0) is 50.4 Å². The van der Waals surface area contributed by atoms with Gasteiger partial charge in [0, 0.05) is 18.0 Å². The van der Waals surface area contributed by atoms with Crippen LogP contribution in [0.25, 0.3) is 0 Å². The van der Waals surface area contributed by atoms with Crippen LogP contribution in [0, 0.1) is 18.8 Å². The van der Waals surface area contributed by atoms with Gasteiger partial charge < -0.3 is 5.32 Å². The Kier molecular flexibility index (Phi) is 4.57. The van der Waals surface area contributed by atoms with Gasteiger partial charge in [0.15, 0.2) is 0 Å². The van der Waals surface area contributed by atoms with Crippen molar-refractivity contribution in [3.05, 3.63) is 17.0 Å². The first-order valence-electron chi connectivity index (χ1n) is 6.34. The minimum absolute atomic E-state index is 0. The summed E-state index contributed by atoms with van der Waals surface area (Å²) in [6.45, 7) is 5.30. The van der Waals surface area contributed by atoms with Gasteiger partial charge in [0.25, 0.3) is 10.0 Å². The Balaban J connectivity index is 0.00000133. The van der Waals surface area contributed by atoms with Crippen molar-refractivity contribution < 1.29 is 8.42 Å². The van der Waals surface area contributed by atoms with Gasteiger partial charge in [-0.3, -0.25) is 0 Å². The molecular weight excluding hydrogens is 304 g/mol. The van der Waals surface area contributed by atoms with Gasteiger partial charge in [-0.2, -0.15) is 4.31 Å². The molecule has 4 nitrogen and oxygen atoms in total. The Morgan fingerprint density at radius 3 is 2.74 bits per heavy atom. The molecule has 0 saturated carbocycles. The zero-order valence-electron chi connectivity index (χ0n) is 10.8. The third kappa shape index (κ3) is 2.83. The number of piperidine rings is 1. The van der Waals surface area contributed by atoms with Crippen LogP contribution < -0.4 is 5.32 Å². The molecule has 2 unspecified atom stereocenters. The Bertz CT molecular complexity index is 544. The third-order valence-corrected chi connectivity index (χ3v) is 7.31. The molecule has 2 atom stereocenters. The maximum absolute atomic E-state index is 12.5. The maximum Gasteiger partial charge on any atom is 0.252 e. The highest BCUT2D eigenvalue weighted by atomic mass is 35.5. The molecule has 1 aromatic heterocycles. The smallest absolute Gasteiger partial charge is 0.252 e. The molecule has 2 saturated heterocycles. The summed E-state index contributed by atoms with van der Waals surface area (Å²) in [5.41, 5.74) is 0. The van der Waals surface area contributed by atoms with E-state index in [4.69, 9.17) is 0 Å². The van der Waals surface area contributed by atoms with Crippen LogP contribution in [-0.2, 0) is 10.0 Å². The second-order valence-corrected chi connectivity index (χ2v) is 8.65. The minimum Gasteiger partial charge on any atom is -0.316 e. The van der Waals surface area contributed by atoms with Crippen LogP contribution in [0.1, 0.15) is 11.3 Å². The number of hydrogen-bond donors (Lipinski definition) is 1. The molecule has 108 valence electrons. The van der Waals surface area contributed by atoms with Gasteiger partial charge in [0.1, 0.15) is 4.21 Å². The van der Waals surface area contributed by atoms with Crippen LogP contribution in [0.5, 0.6) is 0 Å². The van der Waals surface area contributed by atoms with Crippen LogP contribution in [0.2, 0.25) is 0 Å². The molecule has 1 N–H and O–H groups in total. The van der Waals surface area contributed by atoms with Crippen molar-refractivity contribution >= 4 is 33.8 Å². The van der Waals surface area contributed by atoms with Crippen molar-refractivity contribution in [2.75, 3.05) is 26.2 Å². The lowest BCUT2D eigenvalue weighted by atomic mass is 9.90. The summed E-state index contributed by atoms with van der Waals surface area (Å²) >= 11 is 1.37. The zero-order chi connectivity index (χ0) is 12.8. The lowest BCUT2D eigenvalue weighted by molar-refractivity contribution is 0.228. The fourth-order valence-electron chi connectivity index (χ4n) is 2.90. The van der Waals surface area contributed by atoms with Gasteiger partial charge in [-0.1, -0.05) is 0 Å². The van der Waals surface area contributed by atoms with Gasteiger partial charge in [-0.25, -0.2) is 8.42 Å². The lowest BCUT2D eigenvalue weighted by Gasteiger charge is -2.33. The van der Waals surface area contributed by atoms with E-state index in [9.17, 15) is 8.42 Å². The number of rotatable bonds is 2. The normalized spacial score (nSPS) is 27.8. The largest absolute Gasteiger partial charge is 0.316 e. The maximum atomic E-state index is 12.5. The summed E-state index contributed by atoms with van der Waals surface area (Å²) < 4.78 is 27.2. The molecule has 2 aliphatic rings. The van der Waals surface area contributed by atoms with Crippen molar-refractivity contribution in [1.29, 1.82) is 0 Å². The number of fused-ring (bicyclic) bond motifs is 1. The predicted octanol–water partition coefficient (Wildman–Crippen LogP) is 1.71. The lowest BCUT2D eigenvalue weighted by Crippen LogP contribution is -2.43. The Morgan fingerprint density at radius 1 is 1.32 bits per heavy atom. The van der Waals surface area contributed by atoms with E-state index >= 15 is 0 Å². The average Bonchev–Trinajstić information content (AvgIpc) is 2.96. The molecule has 2 fully saturated rings. The standard InChI is InChI=1S/C12H18N2O2S2.ClH/c1-9-2-3-12(17-9)18(15,16)14-5-4-10-6-13-7-11(10)8-14;/h2-3,10-11,13H,4-8H2,1H3;1H. The van der Waals surface area contributed by atoms with E-state index in [0.29, 0.717) is 29.1 Å². The molecule has 0 amide bonds. The number of sulfonamides is 1. The summed E-state index contributed by atoms with van der Waals surface area (Å²) in [5.74, 6) is 1.16. The number of halogens is 1. The van der Waals surface area contributed by atoms with Crippen molar-refractivity contribution in [2.24, 2.45) is 11.8 Å². The van der Waals surface area contributed by atoms with Crippen LogP contribution in [0.15, 0.2) is 16.3 Å². The van der Waals surface area contributed by atoms with E-state index in [0.717, 1.165) is 24.4 Å². The summed E-state index contributed by atoms with van der Waals surface area (Å²) in [5, 5.41) is 3.36. The predicted molar refractivity (Wildman–Crippen MR) is 79.5 cm³/mol. The van der Waals surface area contributed by atoms with Gasteiger partial charge in [0.05, 0.1) is 0 Å². The number of nitrogens with one attached hydrogen (secondary N) is 1. The third-order valence-electron chi connectivity index (χ3n) is 3.98. The highest BCUT2D eigenvalue weighted by Crippen LogP contribution is 2.31. The van der Waals surface area contributed by atoms with Gasteiger partial charge in [-0.15, -0.1) is 23.7 Å². The fourth-order valence-corrected chi connectivity index (χ4v) is 5.85. The van der Waals surface area contributed by atoms with Crippen LogP contribution in [0.4, 0.5) is 0 Å².